The van der Waals surface area contributed by atoms with Crippen molar-refractivity contribution in [1.82, 2.24) is 14.8 Å². The normalized spacial score (nSPS) is 13.7. The predicted octanol–water partition coefficient (Wildman–Crippen LogP) is 3.63. The Morgan fingerprint density at radius 3 is 2.42 bits per heavy atom. The molecule has 1 aliphatic rings. The fraction of sp³-hybridized carbons (Fsp3) is 0.200. The average molecular weight is 460 g/mol. The van der Waals surface area contributed by atoms with Crippen LogP contribution in [0.15, 0.2) is 52.5 Å². The lowest BCUT2D eigenvalue weighted by atomic mass is 10.2. The summed E-state index contributed by atoms with van der Waals surface area (Å²) in [5.74, 6) is -0.154. The molecule has 2 aromatic heterocycles. The first kappa shape index (κ1) is 20.9. The second-order valence-corrected chi connectivity index (χ2v) is 7.98. The van der Waals surface area contributed by atoms with Crippen molar-refractivity contribution in [1.29, 1.82) is 0 Å². The molecule has 1 aromatic carbocycles. The standard InChI is InChI=1S/C20H18ClN5O4S/c21-13-3-1-4-14(11-13)22-19(29)24-20-23-15(12-31-20)17(27)25-6-8-26(9-7-25)18(28)16-5-2-10-30-16/h1-5,10-12H,6-9H2,(H2,22,23,24,29). The van der Waals surface area contributed by atoms with Crippen molar-refractivity contribution in [2.75, 3.05) is 36.8 Å². The zero-order chi connectivity index (χ0) is 21.8. The van der Waals surface area contributed by atoms with Crippen LogP contribution in [0.3, 0.4) is 0 Å². The Morgan fingerprint density at radius 1 is 1.00 bits per heavy atom. The van der Waals surface area contributed by atoms with Crippen molar-refractivity contribution in [3.05, 3.63) is 64.5 Å². The molecule has 160 valence electrons. The van der Waals surface area contributed by atoms with Crippen LogP contribution in [0.2, 0.25) is 5.02 Å². The third-order valence-corrected chi connectivity index (χ3v) is 5.61. The third-order valence-electron chi connectivity index (χ3n) is 4.61. The van der Waals surface area contributed by atoms with Gasteiger partial charge in [-0.05, 0) is 30.3 Å². The van der Waals surface area contributed by atoms with E-state index in [2.05, 4.69) is 15.6 Å². The maximum absolute atomic E-state index is 12.7. The van der Waals surface area contributed by atoms with Crippen molar-refractivity contribution in [3.63, 3.8) is 0 Å². The highest BCUT2D eigenvalue weighted by Gasteiger charge is 2.27. The summed E-state index contributed by atoms with van der Waals surface area (Å²) < 4.78 is 5.14. The SMILES string of the molecule is O=C(Nc1cccc(Cl)c1)Nc1nc(C(=O)N2CCN(C(=O)c3ccco3)CC2)cs1. The molecule has 11 heteroatoms. The monoisotopic (exact) mass is 459 g/mol. The van der Waals surface area contributed by atoms with Gasteiger partial charge in [0.1, 0.15) is 5.69 Å². The van der Waals surface area contributed by atoms with E-state index >= 15 is 0 Å². The Labute approximate surface area is 186 Å². The number of thiazole rings is 1. The summed E-state index contributed by atoms with van der Waals surface area (Å²) >= 11 is 7.06. The second-order valence-electron chi connectivity index (χ2n) is 6.69. The van der Waals surface area contributed by atoms with Gasteiger partial charge in [-0.15, -0.1) is 11.3 Å². The molecule has 1 saturated heterocycles. The lowest BCUT2D eigenvalue weighted by molar-refractivity contribution is 0.0515. The third kappa shape index (κ3) is 5.04. The molecule has 3 heterocycles. The number of benzene rings is 1. The Kier molecular flexibility index (Phi) is 6.19. The van der Waals surface area contributed by atoms with Gasteiger partial charge in [0.15, 0.2) is 10.9 Å². The van der Waals surface area contributed by atoms with Gasteiger partial charge in [0.05, 0.1) is 6.26 Å². The number of rotatable bonds is 4. The summed E-state index contributed by atoms with van der Waals surface area (Å²) in [5, 5.41) is 7.66. The molecule has 3 aromatic rings. The van der Waals surface area contributed by atoms with E-state index in [0.29, 0.717) is 42.0 Å². The highest BCUT2D eigenvalue weighted by molar-refractivity contribution is 7.14. The highest BCUT2D eigenvalue weighted by atomic mass is 35.5. The highest BCUT2D eigenvalue weighted by Crippen LogP contribution is 2.19. The number of amides is 4. The Hall–Kier alpha value is -3.37. The van der Waals surface area contributed by atoms with Crippen molar-refractivity contribution in [3.8, 4) is 0 Å². The van der Waals surface area contributed by atoms with Crippen LogP contribution in [-0.4, -0.2) is 58.8 Å². The molecule has 0 saturated carbocycles. The lowest BCUT2D eigenvalue weighted by Crippen LogP contribution is -2.50. The molecule has 1 fully saturated rings. The van der Waals surface area contributed by atoms with Crippen LogP contribution in [0.25, 0.3) is 0 Å². The maximum Gasteiger partial charge on any atom is 0.325 e. The zero-order valence-corrected chi connectivity index (χ0v) is 17.8. The number of hydrogen-bond acceptors (Lipinski definition) is 6. The summed E-state index contributed by atoms with van der Waals surface area (Å²) in [6.07, 6.45) is 1.45. The fourth-order valence-electron chi connectivity index (χ4n) is 3.09. The Balaban J connectivity index is 1.30. The van der Waals surface area contributed by atoms with Crippen LogP contribution in [0.1, 0.15) is 21.0 Å². The van der Waals surface area contributed by atoms with Gasteiger partial charge < -0.3 is 19.5 Å². The molecule has 0 aliphatic carbocycles. The summed E-state index contributed by atoms with van der Waals surface area (Å²) in [6.45, 7) is 1.59. The molecule has 1 aliphatic heterocycles. The zero-order valence-electron chi connectivity index (χ0n) is 16.2. The molecule has 31 heavy (non-hydrogen) atoms. The first-order valence-electron chi connectivity index (χ1n) is 9.41. The first-order valence-corrected chi connectivity index (χ1v) is 10.7. The molecule has 0 unspecified atom stereocenters. The molecule has 4 rings (SSSR count). The molecular weight excluding hydrogens is 442 g/mol. The van der Waals surface area contributed by atoms with Crippen LogP contribution < -0.4 is 10.6 Å². The van der Waals surface area contributed by atoms with E-state index in [1.807, 2.05) is 0 Å². The Morgan fingerprint density at radius 2 is 1.74 bits per heavy atom. The second kappa shape index (κ2) is 9.19. The number of nitrogens with zero attached hydrogens (tertiary/aromatic N) is 3. The van der Waals surface area contributed by atoms with Crippen LogP contribution in [-0.2, 0) is 0 Å². The van der Waals surface area contributed by atoms with Crippen LogP contribution in [0.4, 0.5) is 15.6 Å². The van der Waals surface area contributed by atoms with Crippen molar-refractivity contribution >= 4 is 51.6 Å². The van der Waals surface area contributed by atoms with Gasteiger partial charge in [-0.25, -0.2) is 9.78 Å². The molecule has 2 N–H and O–H groups in total. The number of piperazine rings is 1. The topological polar surface area (TPSA) is 108 Å². The van der Waals surface area contributed by atoms with Gasteiger partial charge in [0.2, 0.25) is 0 Å². The predicted molar refractivity (Wildman–Crippen MR) is 117 cm³/mol. The molecule has 4 amide bonds. The first-order chi connectivity index (χ1) is 15.0. The van der Waals surface area contributed by atoms with Crippen LogP contribution in [0, 0.1) is 0 Å². The quantitative estimate of drug-likeness (QED) is 0.619. The van der Waals surface area contributed by atoms with Gasteiger partial charge in [-0.3, -0.25) is 14.9 Å². The number of urea groups is 1. The van der Waals surface area contributed by atoms with Crippen molar-refractivity contribution in [2.24, 2.45) is 0 Å². The van der Waals surface area contributed by atoms with Gasteiger partial charge >= 0.3 is 6.03 Å². The van der Waals surface area contributed by atoms with E-state index in [1.54, 1.807) is 51.6 Å². The smallest absolute Gasteiger partial charge is 0.325 e. The minimum atomic E-state index is -0.485. The van der Waals surface area contributed by atoms with Crippen molar-refractivity contribution in [2.45, 2.75) is 0 Å². The number of anilines is 2. The minimum Gasteiger partial charge on any atom is -0.459 e. The number of carbonyl (C=O) groups excluding carboxylic acids is 3. The van der Waals surface area contributed by atoms with E-state index in [4.69, 9.17) is 16.0 Å². The van der Waals surface area contributed by atoms with Gasteiger partial charge in [-0.2, -0.15) is 0 Å². The fourth-order valence-corrected chi connectivity index (χ4v) is 3.96. The molecular formula is C20H18ClN5O4S. The largest absolute Gasteiger partial charge is 0.459 e. The van der Waals surface area contributed by atoms with E-state index in [0.717, 1.165) is 11.3 Å². The summed E-state index contributed by atoms with van der Waals surface area (Å²) in [4.78, 5) is 44.7. The number of halogens is 1. The van der Waals surface area contributed by atoms with E-state index in [1.165, 1.54) is 6.26 Å². The lowest BCUT2D eigenvalue weighted by Gasteiger charge is -2.33. The van der Waals surface area contributed by atoms with Crippen molar-refractivity contribution < 1.29 is 18.8 Å². The van der Waals surface area contributed by atoms with Crippen LogP contribution >= 0.6 is 22.9 Å². The van der Waals surface area contributed by atoms with E-state index in [9.17, 15) is 14.4 Å². The number of aromatic nitrogens is 1. The molecule has 0 atom stereocenters. The van der Waals surface area contributed by atoms with E-state index < -0.39 is 6.03 Å². The molecule has 0 radical (unpaired) electrons. The molecule has 0 spiro atoms. The number of furan rings is 1. The molecule has 9 nitrogen and oxygen atoms in total. The van der Waals surface area contributed by atoms with Crippen LogP contribution in [0.5, 0.6) is 0 Å². The molecule has 0 bridgehead atoms. The number of hydrogen-bond donors (Lipinski definition) is 2. The number of carbonyl (C=O) groups is 3. The van der Waals surface area contributed by atoms with Gasteiger partial charge in [0, 0.05) is 42.3 Å². The summed E-state index contributed by atoms with van der Waals surface area (Å²) in [5.41, 5.74) is 0.786. The van der Waals surface area contributed by atoms with E-state index in [-0.39, 0.29) is 23.3 Å². The maximum atomic E-state index is 12.7. The average Bonchev–Trinajstić information content (AvgIpc) is 3.45. The van der Waals surface area contributed by atoms with Gasteiger partial charge in [-0.1, -0.05) is 17.7 Å². The summed E-state index contributed by atoms with van der Waals surface area (Å²) in [6, 6.07) is 9.55. The number of nitrogens with one attached hydrogen (secondary N) is 2. The van der Waals surface area contributed by atoms with Gasteiger partial charge in [0.25, 0.3) is 11.8 Å². The minimum absolute atomic E-state index is 0.192. The Bertz CT molecular complexity index is 1090. The summed E-state index contributed by atoms with van der Waals surface area (Å²) in [7, 11) is 0.